The largest absolute Gasteiger partial charge is 0.444 e. The molecule has 3 aliphatic heterocycles. The first-order valence-electron chi connectivity index (χ1n) is 15.3. The Hall–Kier alpha value is -2.73. The molecule has 12 heteroatoms. The van der Waals surface area contributed by atoms with Gasteiger partial charge in [-0.15, -0.1) is 0 Å². The van der Waals surface area contributed by atoms with Gasteiger partial charge in [-0.25, -0.2) is 4.79 Å². The molecule has 2 unspecified atom stereocenters. The van der Waals surface area contributed by atoms with Crippen molar-refractivity contribution in [1.29, 1.82) is 0 Å². The van der Waals surface area contributed by atoms with Crippen molar-refractivity contribution in [3.05, 3.63) is 0 Å². The van der Waals surface area contributed by atoms with Gasteiger partial charge < -0.3 is 35.5 Å². The van der Waals surface area contributed by atoms with Gasteiger partial charge in [0, 0.05) is 18.9 Å². The molecule has 12 nitrogen and oxygen atoms in total. The lowest BCUT2D eigenvalue weighted by atomic mass is 9.65. The summed E-state index contributed by atoms with van der Waals surface area (Å²) in [6.45, 7) is 11.9. The number of likely N-dealkylation sites (tertiary alicyclic amines) is 1. The zero-order valence-electron chi connectivity index (χ0n) is 25.6. The molecule has 3 saturated heterocycles. The molecule has 0 radical (unpaired) electrons. The normalized spacial score (nSPS) is 28.0. The maximum Gasteiger partial charge on any atom is 0.408 e. The Bertz CT molecular complexity index is 1040. The lowest BCUT2D eigenvalue weighted by Crippen LogP contribution is -2.59. The van der Waals surface area contributed by atoms with E-state index < -0.39 is 58.6 Å². The minimum absolute atomic E-state index is 0.117. The monoisotopic (exact) mass is 592 g/mol. The van der Waals surface area contributed by atoms with Gasteiger partial charge in [0.25, 0.3) is 5.91 Å². The minimum Gasteiger partial charge on any atom is -0.444 e. The molecule has 4 N–H and O–H groups in total. The Morgan fingerprint density at radius 2 is 1.71 bits per heavy atom. The Balaban J connectivity index is 1.60. The number of ketones is 1. The molecule has 236 valence electrons. The smallest absolute Gasteiger partial charge is 0.408 e. The van der Waals surface area contributed by atoms with E-state index in [9.17, 15) is 24.0 Å². The van der Waals surface area contributed by atoms with Crippen molar-refractivity contribution in [2.75, 3.05) is 33.0 Å². The number of primary amides is 1. The van der Waals surface area contributed by atoms with Crippen LogP contribution in [0.1, 0.15) is 73.1 Å². The second-order valence-electron chi connectivity index (χ2n) is 14.0. The van der Waals surface area contributed by atoms with Crippen LogP contribution in [-0.2, 0) is 33.4 Å². The number of carbonyl (C=O) groups excluding carboxylic acids is 5. The summed E-state index contributed by atoms with van der Waals surface area (Å²) in [4.78, 5) is 67.3. The fourth-order valence-electron chi connectivity index (χ4n) is 6.64. The molecule has 0 aromatic carbocycles. The molecule has 0 bridgehead atoms. The molecule has 4 aliphatic rings. The minimum atomic E-state index is -1.09. The molecule has 4 amide bonds. The average molecular weight is 593 g/mol. The van der Waals surface area contributed by atoms with Crippen molar-refractivity contribution < 1.29 is 38.2 Å². The number of hydrogen-bond acceptors (Lipinski definition) is 8. The van der Waals surface area contributed by atoms with E-state index in [1.54, 1.807) is 4.90 Å². The van der Waals surface area contributed by atoms with Crippen LogP contribution in [0.4, 0.5) is 4.79 Å². The van der Waals surface area contributed by atoms with Gasteiger partial charge in [0.05, 0.1) is 32.5 Å². The number of rotatable bonds is 11. The van der Waals surface area contributed by atoms with Crippen LogP contribution in [0, 0.1) is 28.6 Å². The van der Waals surface area contributed by atoms with E-state index in [4.69, 9.17) is 19.9 Å². The fraction of sp³-hybridized carbons (Fsp3) is 0.833. The van der Waals surface area contributed by atoms with E-state index in [1.807, 2.05) is 20.8 Å². The maximum atomic E-state index is 14.4. The third-order valence-corrected chi connectivity index (χ3v) is 9.81. The Morgan fingerprint density at radius 3 is 2.19 bits per heavy atom. The lowest BCUT2D eigenvalue weighted by Gasteiger charge is -2.45. The van der Waals surface area contributed by atoms with Crippen molar-refractivity contribution in [2.45, 2.75) is 97.4 Å². The zero-order chi connectivity index (χ0) is 30.8. The van der Waals surface area contributed by atoms with Crippen LogP contribution in [-0.4, -0.2) is 91.7 Å². The number of amides is 4. The van der Waals surface area contributed by atoms with Crippen LogP contribution in [0.3, 0.4) is 0 Å². The Kier molecular flexibility index (Phi) is 9.86. The van der Waals surface area contributed by atoms with Crippen molar-refractivity contribution in [3.8, 4) is 0 Å². The Labute approximate surface area is 248 Å². The number of hydrogen-bond donors (Lipinski definition) is 3. The van der Waals surface area contributed by atoms with Crippen molar-refractivity contribution in [3.63, 3.8) is 0 Å². The van der Waals surface area contributed by atoms with Gasteiger partial charge in [0.15, 0.2) is 0 Å². The number of nitrogens with one attached hydrogen (secondary N) is 2. The van der Waals surface area contributed by atoms with E-state index in [2.05, 4.69) is 24.5 Å². The number of alkyl carbamates (subject to hydrolysis) is 1. The summed E-state index contributed by atoms with van der Waals surface area (Å²) in [6.07, 6.45) is 3.09. The molecule has 0 aromatic rings. The first kappa shape index (κ1) is 32.2. The molecular weight excluding hydrogens is 544 g/mol. The molecule has 0 spiro atoms. The van der Waals surface area contributed by atoms with Crippen LogP contribution < -0.4 is 16.4 Å². The molecule has 42 heavy (non-hydrogen) atoms. The summed E-state index contributed by atoms with van der Waals surface area (Å²) in [6, 6.07) is -2.93. The standard InChI is InChI=1S/C30H48N4O8/c1-17(2)30(19-13-41-14-19)12-22(26(37)32-21(23(35)25(31)36)11-18-7-6-8-18)34(16-30)27(38)24(29(3,4)5)33-28(39)42-20-9-10-40-15-20/h17-22,24H,6-16H2,1-5H3,(H2,31,36)(H,32,37)(H,33,39)/t20?,21?,22-,24+,30+/m0/s1. The molecular formula is C30H48N4O8. The predicted molar refractivity (Wildman–Crippen MR) is 152 cm³/mol. The van der Waals surface area contributed by atoms with Crippen molar-refractivity contribution in [1.82, 2.24) is 15.5 Å². The van der Waals surface area contributed by atoms with E-state index >= 15 is 0 Å². The van der Waals surface area contributed by atoms with Gasteiger partial charge in [0.1, 0.15) is 18.2 Å². The SMILES string of the molecule is CC(C)[C@@]1(C2COC2)C[C@@H](C(=O)NC(CC2CCC2)C(=O)C(N)=O)N(C(=O)[C@@H](NC(=O)OC2CCOC2)C(C)(C)C)C1. The summed E-state index contributed by atoms with van der Waals surface area (Å²) < 4.78 is 16.3. The number of nitrogens with two attached hydrogens (primary N) is 1. The Morgan fingerprint density at radius 1 is 1.02 bits per heavy atom. The second-order valence-corrected chi connectivity index (χ2v) is 14.0. The predicted octanol–water partition coefficient (Wildman–Crippen LogP) is 1.54. The fourth-order valence-corrected chi connectivity index (χ4v) is 6.64. The van der Waals surface area contributed by atoms with E-state index in [1.165, 1.54) is 0 Å². The highest BCUT2D eigenvalue weighted by molar-refractivity contribution is 6.37. The number of Topliss-reactive ketones (excluding diaryl/α,β-unsaturated/α-hetero) is 1. The van der Waals surface area contributed by atoms with Crippen LogP contribution in [0.2, 0.25) is 0 Å². The number of ether oxygens (including phenoxy) is 3. The summed E-state index contributed by atoms with van der Waals surface area (Å²) in [5, 5.41) is 5.57. The molecule has 3 heterocycles. The van der Waals surface area contributed by atoms with Gasteiger partial charge in [-0.1, -0.05) is 53.9 Å². The highest BCUT2D eigenvalue weighted by Gasteiger charge is 2.57. The average Bonchev–Trinajstić information content (AvgIpc) is 3.50. The van der Waals surface area contributed by atoms with Gasteiger partial charge in [-0.2, -0.15) is 0 Å². The van der Waals surface area contributed by atoms with E-state index in [0.717, 1.165) is 19.3 Å². The van der Waals surface area contributed by atoms with Crippen molar-refractivity contribution in [2.24, 2.45) is 34.3 Å². The highest BCUT2D eigenvalue weighted by Crippen LogP contribution is 2.50. The quantitative estimate of drug-likeness (QED) is 0.304. The van der Waals surface area contributed by atoms with Crippen LogP contribution >= 0.6 is 0 Å². The van der Waals surface area contributed by atoms with Crippen molar-refractivity contribution >= 4 is 29.6 Å². The lowest BCUT2D eigenvalue weighted by molar-refractivity contribution is -0.144. The van der Waals surface area contributed by atoms with Crippen LogP contribution in [0.5, 0.6) is 0 Å². The summed E-state index contributed by atoms with van der Waals surface area (Å²) in [5.41, 5.74) is 4.23. The molecule has 1 aliphatic carbocycles. The summed E-state index contributed by atoms with van der Waals surface area (Å²) in [7, 11) is 0. The second kappa shape index (κ2) is 12.9. The summed E-state index contributed by atoms with van der Waals surface area (Å²) in [5.74, 6) is -2.33. The van der Waals surface area contributed by atoms with Gasteiger partial charge in [-0.05, 0) is 35.5 Å². The van der Waals surface area contributed by atoms with Gasteiger partial charge in [-0.3, -0.25) is 19.2 Å². The first-order valence-corrected chi connectivity index (χ1v) is 15.3. The van der Waals surface area contributed by atoms with E-state index in [0.29, 0.717) is 52.2 Å². The molecule has 5 atom stereocenters. The first-order chi connectivity index (χ1) is 19.7. The topological polar surface area (TPSA) is 166 Å². The summed E-state index contributed by atoms with van der Waals surface area (Å²) >= 11 is 0. The molecule has 4 rings (SSSR count). The van der Waals surface area contributed by atoms with Gasteiger partial charge >= 0.3 is 6.09 Å². The van der Waals surface area contributed by atoms with Gasteiger partial charge in [0.2, 0.25) is 17.6 Å². The number of carbonyl (C=O) groups is 5. The van der Waals surface area contributed by atoms with Crippen LogP contribution in [0.15, 0.2) is 0 Å². The highest BCUT2D eigenvalue weighted by atomic mass is 16.6. The number of nitrogens with zero attached hydrogens (tertiary/aromatic N) is 1. The molecule has 1 saturated carbocycles. The van der Waals surface area contributed by atoms with E-state index in [-0.39, 0.29) is 23.9 Å². The third-order valence-electron chi connectivity index (χ3n) is 9.81. The molecule has 4 fully saturated rings. The zero-order valence-corrected chi connectivity index (χ0v) is 25.6. The third kappa shape index (κ3) is 6.90. The molecule has 0 aromatic heterocycles. The maximum absolute atomic E-state index is 14.4. The van der Waals surface area contributed by atoms with Crippen LogP contribution in [0.25, 0.3) is 0 Å².